The lowest BCUT2D eigenvalue weighted by atomic mass is 9.85. The van der Waals surface area contributed by atoms with E-state index < -0.39 is 26.9 Å². The first-order valence-electron chi connectivity index (χ1n) is 16.0. The van der Waals surface area contributed by atoms with E-state index in [4.69, 9.17) is 4.42 Å². The van der Waals surface area contributed by atoms with E-state index in [-0.39, 0.29) is 33.0 Å². The highest BCUT2D eigenvalue weighted by Crippen LogP contribution is 2.43. The maximum Gasteiger partial charge on any atom is 0.256 e. The Morgan fingerprint density at radius 3 is 2.41 bits per heavy atom. The summed E-state index contributed by atoms with van der Waals surface area (Å²) in [6.45, 7) is 16.8. The highest BCUT2D eigenvalue weighted by molar-refractivity contribution is 7.91. The van der Waals surface area contributed by atoms with Crippen molar-refractivity contribution in [2.24, 2.45) is 5.41 Å². The molecule has 0 aliphatic carbocycles. The maximum absolute atomic E-state index is 13.4. The molecule has 0 aromatic carbocycles. The number of aromatic nitrogens is 2. The number of thiophene rings is 1. The van der Waals surface area contributed by atoms with Gasteiger partial charge in [0.05, 0.1) is 18.0 Å². The Morgan fingerprint density at radius 2 is 1.74 bits per heavy atom. The second kappa shape index (κ2) is 14.8. The van der Waals surface area contributed by atoms with Crippen molar-refractivity contribution in [2.45, 2.75) is 57.2 Å². The van der Waals surface area contributed by atoms with Crippen molar-refractivity contribution >= 4 is 49.8 Å². The summed E-state index contributed by atoms with van der Waals surface area (Å²) in [5.74, 6) is 0.737. The van der Waals surface area contributed by atoms with Crippen molar-refractivity contribution in [3.8, 4) is 5.75 Å². The summed E-state index contributed by atoms with van der Waals surface area (Å²) in [7, 11) is -1.70. The smallest absolute Gasteiger partial charge is 0.256 e. The lowest BCUT2D eigenvalue weighted by Gasteiger charge is -2.32. The highest BCUT2D eigenvalue weighted by Gasteiger charge is 2.35. The molecule has 2 fully saturated rings. The fraction of sp³-hybridized carbons (Fsp3) is 0.667. The second-order valence-electron chi connectivity index (χ2n) is 13.3. The summed E-state index contributed by atoms with van der Waals surface area (Å²) in [5.41, 5.74) is 0.968. The van der Waals surface area contributed by atoms with Crippen molar-refractivity contribution in [1.82, 2.24) is 27.8 Å². The van der Waals surface area contributed by atoms with Gasteiger partial charge < -0.3 is 39.4 Å². The van der Waals surface area contributed by atoms with Gasteiger partial charge in [-0.15, -0.1) is 11.3 Å². The number of unbranched alkanes of at least 4 members (excludes halogenated alkanes) is 1. The first-order valence-corrected chi connectivity index (χ1v) is 19.4. The van der Waals surface area contributed by atoms with Gasteiger partial charge in [0, 0.05) is 66.5 Å². The van der Waals surface area contributed by atoms with Crippen LogP contribution in [-0.4, -0.2) is 118 Å². The largest absolute Gasteiger partial charge is 0.546 e. The summed E-state index contributed by atoms with van der Waals surface area (Å²) < 4.78 is 54.8. The molecule has 0 bridgehead atoms. The van der Waals surface area contributed by atoms with Gasteiger partial charge in [-0.1, -0.05) is 27.7 Å². The van der Waals surface area contributed by atoms with Crippen LogP contribution in [0.25, 0.3) is 0 Å². The molecule has 256 valence electrons. The Kier molecular flexibility index (Phi) is 11.3. The summed E-state index contributed by atoms with van der Waals surface area (Å²) in [6.07, 6.45) is 4.93. The van der Waals surface area contributed by atoms with Crippen LogP contribution in [-0.2, 0) is 16.4 Å². The summed E-state index contributed by atoms with van der Waals surface area (Å²) in [4.78, 5) is 7.09. The van der Waals surface area contributed by atoms with E-state index in [0.29, 0.717) is 26.2 Å². The number of likely N-dealkylation sites (N-methyl/N-ethyl adjacent to an activating group) is 2. The lowest BCUT2D eigenvalue weighted by molar-refractivity contribution is 0.152. The van der Waals surface area contributed by atoms with E-state index >= 15 is 0 Å². The molecule has 3 N–H and O–H groups in total. The van der Waals surface area contributed by atoms with Crippen LogP contribution in [0.4, 0.5) is 17.3 Å². The van der Waals surface area contributed by atoms with E-state index in [1.165, 1.54) is 9.69 Å². The number of piperazine rings is 2. The predicted octanol–water partition coefficient (Wildman–Crippen LogP) is 4.40. The Labute approximate surface area is 279 Å². The number of furan rings is 1. The van der Waals surface area contributed by atoms with Crippen LogP contribution >= 0.6 is 22.5 Å². The minimum atomic E-state index is -3.88. The Morgan fingerprint density at radius 1 is 1.07 bits per heavy atom. The number of sulfonamides is 1. The van der Waals surface area contributed by atoms with Crippen molar-refractivity contribution in [2.75, 3.05) is 83.1 Å². The van der Waals surface area contributed by atoms with Crippen molar-refractivity contribution in [3.05, 3.63) is 29.0 Å². The molecule has 2 aliphatic rings. The zero-order valence-corrected chi connectivity index (χ0v) is 29.9. The first kappa shape index (κ1) is 35.0. The molecule has 2 aliphatic heterocycles. The number of rotatable bonds is 13. The molecular weight excluding hydrogens is 649 g/mol. The molecule has 16 heteroatoms. The SMILES string of the molecule is CCN1CCN(S(=O)(=O)c2scc(Nc3n[s+]([O-])nc3N[C@@H](c3cc(CCCCN4CCN(C)CC4)co3)C(C)(C)C)c2O)CC1. The van der Waals surface area contributed by atoms with E-state index in [2.05, 4.69) is 68.0 Å². The third-order valence-corrected chi connectivity index (χ3v) is 12.9. The Balaban J connectivity index is 1.24. The zero-order chi connectivity index (χ0) is 33.1. The molecule has 3 aromatic rings. The third-order valence-electron chi connectivity index (χ3n) is 8.79. The van der Waals surface area contributed by atoms with E-state index in [9.17, 15) is 18.1 Å². The summed E-state index contributed by atoms with van der Waals surface area (Å²) in [6, 6.07) is 1.73. The molecule has 0 saturated carbocycles. The molecule has 5 heterocycles. The number of nitrogens with one attached hydrogen (secondary N) is 2. The topological polar surface area (TPSA) is 153 Å². The van der Waals surface area contributed by atoms with Crippen LogP contribution < -0.4 is 10.6 Å². The molecule has 5 rings (SSSR count). The van der Waals surface area contributed by atoms with Crippen LogP contribution in [0.15, 0.2) is 26.3 Å². The Bertz CT molecular complexity index is 1530. The molecule has 0 spiro atoms. The molecule has 1 unspecified atom stereocenters. The van der Waals surface area contributed by atoms with Crippen LogP contribution in [0.1, 0.15) is 57.9 Å². The summed E-state index contributed by atoms with van der Waals surface area (Å²) >= 11 is -0.946. The van der Waals surface area contributed by atoms with Crippen molar-refractivity contribution in [3.63, 3.8) is 0 Å². The Hall–Kier alpha value is -2.31. The van der Waals surface area contributed by atoms with Gasteiger partial charge in [-0.25, -0.2) is 8.42 Å². The van der Waals surface area contributed by atoms with Crippen molar-refractivity contribution in [1.29, 1.82) is 0 Å². The van der Waals surface area contributed by atoms with Gasteiger partial charge in [-0.3, -0.25) is 0 Å². The van der Waals surface area contributed by atoms with Gasteiger partial charge in [-0.05, 0) is 56.4 Å². The van der Waals surface area contributed by atoms with Crippen LogP contribution in [0, 0.1) is 5.41 Å². The van der Waals surface area contributed by atoms with Gasteiger partial charge in [0.25, 0.3) is 10.0 Å². The third kappa shape index (κ3) is 8.39. The molecule has 0 radical (unpaired) electrons. The first-order chi connectivity index (χ1) is 21.8. The van der Waals surface area contributed by atoms with Crippen LogP contribution in [0.5, 0.6) is 5.75 Å². The lowest BCUT2D eigenvalue weighted by Crippen LogP contribution is -2.48. The fourth-order valence-corrected chi connectivity index (χ4v) is 9.26. The van der Waals surface area contributed by atoms with E-state index in [0.717, 1.165) is 81.2 Å². The number of aryl methyl sites for hydroxylation is 1. The van der Waals surface area contributed by atoms with Gasteiger partial charge in [0.15, 0.2) is 21.1 Å². The average molecular weight is 697 g/mol. The number of hydrogen-bond donors (Lipinski definition) is 3. The number of aromatic hydroxyl groups is 1. The molecule has 2 atom stereocenters. The molecule has 46 heavy (non-hydrogen) atoms. The average Bonchev–Trinajstić information content (AvgIpc) is 3.73. The quantitative estimate of drug-likeness (QED) is 0.172. The van der Waals surface area contributed by atoms with Gasteiger partial charge in [0.2, 0.25) is 11.6 Å². The second-order valence-corrected chi connectivity index (χ2v) is 17.1. The predicted molar refractivity (Wildman–Crippen MR) is 182 cm³/mol. The molecule has 3 aromatic heterocycles. The normalized spacial score (nSPS) is 19.0. The van der Waals surface area contributed by atoms with E-state index in [1.807, 2.05) is 6.92 Å². The van der Waals surface area contributed by atoms with E-state index in [1.54, 1.807) is 6.26 Å². The van der Waals surface area contributed by atoms with Crippen LogP contribution in [0.3, 0.4) is 0 Å². The fourth-order valence-electron chi connectivity index (χ4n) is 5.84. The standard InChI is InChI=1S/C30H48N8O5S3/c1-6-36-15-17-38(18-16-36)46(41,42)29-25(39)23(21-44-29)31-27-28(34-45(40)33-27)32-26(30(2,3)4)24-19-22(20-43-24)9-7-8-10-37-13-11-35(5)12-14-37/h19-21,26,39H,6-18H2,1-5H3,(H,31,33)(H,32,34)/t26-,45?/m0/s1. The molecular formula is C30H48N8O5S3. The van der Waals surface area contributed by atoms with Gasteiger partial charge in [0.1, 0.15) is 5.76 Å². The maximum atomic E-state index is 13.4. The number of nitrogens with zero attached hydrogens (tertiary/aromatic N) is 6. The van der Waals surface area contributed by atoms with Crippen LogP contribution in [0.2, 0.25) is 0 Å². The minimum absolute atomic E-state index is 0.134. The molecule has 0 amide bonds. The monoisotopic (exact) mass is 696 g/mol. The number of hydrogen-bond acceptors (Lipinski definition) is 13. The van der Waals surface area contributed by atoms with Gasteiger partial charge in [-0.2, -0.15) is 4.31 Å². The molecule has 13 nitrogen and oxygen atoms in total. The summed E-state index contributed by atoms with van der Waals surface area (Å²) in [5, 5.41) is 18.9. The van der Waals surface area contributed by atoms with Crippen molar-refractivity contribution < 1.29 is 22.5 Å². The zero-order valence-electron chi connectivity index (χ0n) is 27.5. The highest BCUT2D eigenvalue weighted by atomic mass is 32.2. The van der Waals surface area contributed by atoms with Gasteiger partial charge >= 0.3 is 0 Å². The molecule has 2 saturated heterocycles. The number of anilines is 3. The minimum Gasteiger partial charge on any atom is -0.546 e.